The number of carbonyl (C=O) groups is 1. The van der Waals surface area contributed by atoms with Crippen LogP contribution in [-0.2, 0) is 11.2 Å². The van der Waals surface area contributed by atoms with Crippen molar-refractivity contribution in [1.29, 1.82) is 0 Å². The molecule has 0 N–H and O–H groups in total. The minimum atomic E-state index is 0.172. The molecule has 0 bridgehead atoms. The molecule has 0 saturated carbocycles. The first kappa shape index (κ1) is 17.0. The Balaban J connectivity index is 1.52. The van der Waals surface area contributed by atoms with Gasteiger partial charge in [-0.3, -0.25) is 4.79 Å². The molecule has 2 aromatic rings. The fraction of sp³-hybridized carbons (Fsp3) is 0.474. The number of aryl methyl sites for hydroxylation is 3. The fourth-order valence-corrected chi connectivity index (χ4v) is 3.61. The molecule has 0 spiro atoms. The molecule has 2 heterocycles. The molecule has 0 atom stereocenters. The molecule has 1 aliphatic heterocycles. The number of aromatic nitrogens is 1. The summed E-state index contributed by atoms with van der Waals surface area (Å²) in [5.41, 5.74) is 3.26. The molecule has 5 heteroatoms. The number of piperidine rings is 1. The standard InChI is InChI=1S/C19H24N2O2S/c1-13-4-5-14(2)18(10-13)23-17-6-8-21(9-7-17)19(22)11-16-12-24-15(3)20-16/h4-5,10,12,17H,6-9,11H2,1-3H3. The number of hydrogen-bond donors (Lipinski definition) is 0. The Morgan fingerprint density at radius 1 is 1.29 bits per heavy atom. The second-order valence-corrected chi connectivity index (χ2v) is 7.56. The maximum absolute atomic E-state index is 12.4. The molecule has 0 unspecified atom stereocenters. The van der Waals surface area contributed by atoms with E-state index in [4.69, 9.17) is 4.74 Å². The van der Waals surface area contributed by atoms with E-state index >= 15 is 0 Å². The van der Waals surface area contributed by atoms with E-state index in [9.17, 15) is 4.79 Å². The van der Waals surface area contributed by atoms with E-state index in [1.54, 1.807) is 11.3 Å². The van der Waals surface area contributed by atoms with Crippen molar-refractivity contribution in [2.75, 3.05) is 13.1 Å². The van der Waals surface area contributed by atoms with E-state index in [-0.39, 0.29) is 12.0 Å². The van der Waals surface area contributed by atoms with Crippen LogP contribution in [0.3, 0.4) is 0 Å². The van der Waals surface area contributed by atoms with Gasteiger partial charge in [0.15, 0.2) is 0 Å². The molecule has 1 saturated heterocycles. The minimum Gasteiger partial charge on any atom is -0.490 e. The number of rotatable bonds is 4. The van der Waals surface area contributed by atoms with Crippen LogP contribution in [-0.4, -0.2) is 35.0 Å². The van der Waals surface area contributed by atoms with E-state index < -0.39 is 0 Å². The van der Waals surface area contributed by atoms with Crippen molar-refractivity contribution < 1.29 is 9.53 Å². The van der Waals surface area contributed by atoms with Gasteiger partial charge in [0.2, 0.25) is 5.91 Å². The smallest absolute Gasteiger partial charge is 0.228 e. The maximum atomic E-state index is 12.4. The van der Waals surface area contributed by atoms with Gasteiger partial charge in [0, 0.05) is 31.3 Å². The van der Waals surface area contributed by atoms with Crippen molar-refractivity contribution in [3.8, 4) is 5.75 Å². The molecule has 1 amide bonds. The molecular formula is C19H24N2O2S. The lowest BCUT2D eigenvalue weighted by atomic mass is 10.1. The van der Waals surface area contributed by atoms with Gasteiger partial charge >= 0.3 is 0 Å². The van der Waals surface area contributed by atoms with Gasteiger partial charge in [-0.15, -0.1) is 11.3 Å². The zero-order chi connectivity index (χ0) is 17.1. The molecule has 1 fully saturated rings. The largest absolute Gasteiger partial charge is 0.490 e. The Kier molecular flexibility index (Phi) is 5.19. The van der Waals surface area contributed by atoms with Crippen LogP contribution in [0, 0.1) is 20.8 Å². The summed E-state index contributed by atoms with van der Waals surface area (Å²) in [6.07, 6.45) is 2.37. The van der Waals surface area contributed by atoms with Crippen molar-refractivity contribution in [2.24, 2.45) is 0 Å². The Morgan fingerprint density at radius 3 is 2.71 bits per heavy atom. The van der Waals surface area contributed by atoms with Gasteiger partial charge in [0.1, 0.15) is 11.9 Å². The summed E-state index contributed by atoms with van der Waals surface area (Å²) >= 11 is 1.60. The van der Waals surface area contributed by atoms with Crippen molar-refractivity contribution in [3.63, 3.8) is 0 Å². The van der Waals surface area contributed by atoms with Crippen LogP contribution in [0.4, 0.5) is 0 Å². The summed E-state index contributed by atoms with van der Waals surface area (Å²) in [5.74, 6) is 1.14. The topological polar surface area (TPSA) is 42.4 Å². The second-order valence-electron chi connectivity index (χ2n) is 6.50. The zero-order valence-electron chi connectivity index (χ0n) is 14.5. The lowest BCUT2D eigenvalue weighted by molar-refractivity contribution is -0.132. The number of hydrogen-bond acceptors (Lipinski definition) is 4. The average molecular weight is 344 g/mol. The number of ether oxygens (including phenoxy) is 1. The highest BCUT2D eigenvalue weighted by molar-refractivity contribution is 7.09. The average Bonchev–Trinajstić information content (AvgIpc) is 2.96. The Labute approximate surface area is 147 Å². The Bertz CT molecular complexity index is 718. The quantitative estimate of drug-likeness (QED) is 0.850. The predicted octanol–water partition coefficient (Wildman–Crippen LogP) is 3.68. The van der Waals surface area contributed by atoms with E-state index in [1.807, 2.05) is 17.2 Å². The highest BCUT2D eigenvalue weighted by Crippen LogP contribution is 2.24. The maximum Gasteiger partial charge on any atom is 0.228 e. The molecule has 1 aliphatic rings. The normalized spacial score (nSPS) is 15.5. The monoisotopic (exact) mass is 344 g/mol. The van der Waals surface area contributed by atoms with E-state index in [0.29, 0.717) is 6.42 Å². The minimum absolute atomic E-state index is 0.172. The molecule has 0 aliphatic carbocycles. The first-order valence-electron chi connectivity index (χ1n) is 8.44. The Morgan fingerprint density at radius 2 is 2.04 bits per heavy atom. The highest BCUT2D eigenvalue weighted by Gasteiger charge is 2.24. The molecular weight excluding hydrogens is 320 g/mol. The van der Waals surface area contributed by atoms with Gasteiger partial charge in [0.05, 0.1) is 17.1 Å². The fourth-order valence-electron chi connectivity index (χ4n) is 2.99. The summed E-state index contributed by atoms with van der Waals surface area (Å²) in [7, 11) is 0. The van der Waals surface area contributed by atoms with E-state index in [1.165, 1.54) is 5.56 Å². The van der Waals surface area contributed by atoms with Crippen LogP contribution < -0.4 is 4.74 Å². The highest BCUT2D eigenvalue weighted by atomic mass is 32.1. The zero-order valence-corrected chi connectivity index (χ0v) is 15.4. The summed E-state index contributed by atoms with van der Waals surface area (Å²) in [4.78, 5) is 18.7. The first-order chi connectivity index (χ1) is 11.5. The van der Waals surface area contributed by atoms with Gasteiger partial charge in [-0.25, -0.2) is 4.98 Å². The number of benzene rings is 1. The third-order valence-corrected chi connectivity index (χ3v) is 5.25. The summed E-state index contributed by atoms with van der Waals surface area (Å²) in [6, 6.07) is 6.29. The van der Waals surface area contributed by atoms with Crippen LogP contribution in [0.2, 0.25) is 0 Å². The van der Waals surface area contributed by atoms with Gasteiger partial charge in [-0.2, -0.15) is 0 Å². The third kappa shape index (κ3) is 4.15. The van der Waals surface area contributed by atoms with Gasteiger partial charge in [-0.1, -0.05) is 12.1 Å². The van der Waals surface area contributed by atoms with Crippen LogP contribution in [0.15, 0.2) is 23.6 Å². The van der Waals surface area contributed by atoms with Crippen molar-refractivity contribution in [2.45, 2.75) is 46.1 Å². The van der Waals surface area contributed by atoms with Crippen LogP contribution in [0.5, 0.6) is 5.75 Å². The lowest BCUT2D eigenvalue weighted by Crippen LogP contribution is -2.42. The van der Waals surface area contributed by atoms with Crippen LogP contribution >= 0.6 is 11.3 Å². The molecule has 3 rings (SSSR count). The van der Waals surface area contributed by atoms with Gasteiger partial charge < -0.3 is 9.64 Å². The Hall–Kier alpha value is -1.88. The SMILES string of the molecule is Cc1ccc(C)c(OC2CCN(C(=O)Cc3csc(C)n3)CC2)c1. The number of likely N-dealkylation sites (tertiary alicyclic amines) is 1. The second kappa shape index (κ2) is 7.34. The van der Waals surface area contributed by atoms with Crippen molar-refractivity contribution in [1.82, 2.24) is 9.88 Å². The van der Waals surface area contributed by atoms with Gasteiger partial charge in [0.25, 0.3) is 0 Å². The number of carbonyl (C=O) groups excluding carboxylic acids is 1. The molecule has 0 radical (unpaired) electrons. The third-order valence-electron chi connectivity index (χ3n) is 4.43. The predicted molar refractivity (Wildman–Crippen MR) is 96.7 cm³/mol. The first-order valence-corrected chi connectivity index (χ1v) is 9.32. The number of thiazole rings is 1. The summed E-state index contributed by atoms with van der Waals surface area (Å²) < 4.78 is 6.17. The van der Waals surface area contributed by atoms with Crippen LogP contribution in [0.1, 0.15) is 34.7 Å². The van der Waals surface area contributed by atoms with Crippen molar-refractivity contribution >= 4 is 17.2 Å². The molecule has 24 heavy (non-hydrogen) atoms. The number of amides is 1. The van der Waals surface area contributed by atoms with E-state index in [0.717, 1.165) is 47.9 Å². The van der Waals surface area contributed by atoms with E-state index in [2.05, 4.69) is 37.0 Å². The van der Waals surface area contributed by atoms with Crippen LogP contribution in [0.25, 0.3) is 0 Å². The molecule has 128 valence electrons. The van der Waals surface area contributed by atoms with Gasteiger partial charge in [-0.05, 0) is 38.0 Å². The molecule has 1 aromatic carbocycles. The van der Waals surface area contributed by atoms with Crippen molar-refractivity contribution in [3.05, 3.63) is 45.4 Å². The lowest BCUT2D eigenvalue weighted by Gasteiger charge is -2.32. The molecule has 4 nitrogen and oxygen atoms in total. The molecule has 1 aromatic heterocycles. The summed E-state index contributed by atoms with van der Waals surface area (Å²) in [6.45, 7) is 7.64. The summed E-state index contributed by atoms with van der Waals surface area (Å²) in [5, 5.41) is 2.99. The number of nitrogens with zero attached hydrogens (tertiary/aromatic N) is 2.